The molecule has 3 heteroatoms. The summed E-state index contributed by atoms with van der Waals surface area (Å²) < 4.78 is 1.20. The molecule has 1 unspecified atom stereocenters. The Kier molecular flexibility index (Phi) is 4.24. The molecule has 2 aromatic carbocycles. The number of nitrogens with one attached hydrogen (secondary N) is 1. The topological polar surface area (TPSA) is 32.3 Å². The lowest BCUT2D eigenvalue weighted by atomic mass is 9.96. The minimum atomic E-state index is -0.871. The lowest BCUT2D eigenvalue weighted by molar-refractivity contribution is 0.0715. The van der Waals surface area contributed by atoms with E-state index in [4.69, 9.17) is 0 Å². The maximum atomic E-state index is 10.4. The number of rotatable bonds is 4. The fourth-order valence-electron chi connectivity index (χ4n) is 1.74. The molecule has 2 rings (SSSR count). The van der Waals surface area contributed by atoms with Crippen molar-refractivity contribution in [3.8, 4) is 0 Å². The highest BCUT2D eigenvalue weighted by Gasteiger charge is 2.22. The zero-order valence-corrected chi connectivity index (χ0v) is 12.4. The van der Waals surface area contributed by atoms with Gasteiger partial charge in [-0.05, 0) is 59.3 Å². The lowest BCUT2D eigenvalue weighted by Gasteiger charge is -2.24. The van der Waals surface area contributed by atoms with Crippen molar-refractivity contribution >= 4 is 28.3 Å². The number of anilines is 1. The minimum absolute atomic E-state index is 0.484. The van der Waals surface area contributed by atoms with E-state index in [1.54, 1.807) is 0 Å². The van der Waals surface area contributed by atoms with E-state index in [9.17, 15) is 5.11 Å². The van der Waals surface area contributed by atoms with Crippen LogP contribution in [0.4, 0.5) is 5.69 Å². The van der Waals surface area contributed by atoms with Crippen LogP contribution in [0.15, 0.2) is 54.6 Å². The first-order valence-corrected chi connectivity index (χ1v) is 6.93. The van der Waals surface area contributed by atoms with Gasteiger partial charge in [0.25, 0.3) is 0 Å². The monoisotopic (exact) mass is 353 g/mol. The molecule has 2 N–H and O–H groups in total. The second-order valence-electron chi connectivity index (χ2n) is 4.50. The van der Waals surface area contributed by atoms with Crippen LogP contribution in [0.25, 0.3) is 0 Å². The van der Waals surface area contributed by atoms with Crippen molar-refractivity contribution in [2.24, 2.45) is 0 Å². The Bertz CT molecular complexity index is 494. The summed E-state index contributed by atoms with van der Waals surface area (Å²) >= 11 is 2.27. The Balaban J connectivity index is 2.03. The molecule has 2 nitrogen and oxygen atoms in total. The molecule has 0 spiro atoms. The fraction of sp³-hybridized carbons (Fsp3) is 0.200. The fourth-order valence-corrected chi connectivity index (χ4v) is 2.10. The summed E-state index contributed by atoms with van der Waals surface area (Å²) in [6, 6.07) is 17.8. The van der Waals surface area contributed by atoms with Gasteiger partial charge in [-0.2, -0.15) is 0 Å². The van der Waals surface area contributed by atoms with Crippen molar-refractivity contribution in [3.05, 3.63) is 63.7 Å². The number of hydrogen-bond donors (Lipinski definition) is 2. The predicted molar refractivity (Wildman–Crippen MR) is 83.7 cm³/mol. The second kappa shape index (κ2) is 5.71. The van der Waals surface area contributed by atoms with Gasteiger partial charge in [0, 0.05) is 15.8 Å². The van der Waals surface area contributed by atoms with Crippen molar-refractivity contribution < 1.29 is 5.11 Å². The van der Waals surface area contributed by atoms with Gasteiger partial charge in [-0.3, -0.25) is 0 Å². The molecule has 0 amide bonds. The van der Waals surface area contributed by atoms with E-state index in [-0.39, 0.29) is 0 Å². The van der Waals surface area contributed by atoms with Gasteiger partial charge < -0.3 is 10.4 Å². The molecule has 0 saturated carbocycles. The van der Waals surface area contributed by atoms with Gasteiger partial charge in [-0.25, -0.2) is 0 Å². The average molecular weight is 353 g/mol. The molecule has 0 heterocycles. The van der Waals surface area contributed by atoms with Gasteiger partial charge >= 0.3 is 0 Å². The van der Waals surface area contributed by atoms with E-state index in [2.05, 4.69) is 27.9 Å². The van der Waals surface area contributed by atoms with Crippen molar-refractivity contribution in [2.75, 3.05) is 11.9 Å². The Morgan fingerprint density at radius 1 is 1.06 bits per heavy atom. The van der Waals surface area contributed by atoms with Crippen LogP contribution in [0.5, 0.6) is 0 Å². The van der Waals surface area contributed by atoms with Gasteiger partial charge in [-0.15, -0.1) is 0 Å². The molecule has 1 atom stereocenters. The SMILES string of the molecule is CC(O)(CNc1ccc(I)cc1)c1ccccc1. The summed E-state index contributed by atoms with van der Waals surface area (Å²) in [5.74, 6) is 0. The predicted octanol–water partition coefficient (Wildman–Crippen LogP) is 3.61. The third-order valence-corrected chi connectivity index (χ3v) is 3.60. The van der Waals surface area contributed by atoms with E-state index in [0.29, 0.717) is 6.54 Å². The molecule has 94 valence electrons. The summed E-state index contributed by atoms with van der Waals surface area (Å²) in [6.45, 7) is 2.31. The summed E-state index contributed by atoms with van der Waals surface area (Å²) in [4.78, 5) is 0. The number of hydrogen-bond acceptors (Lipinski definition) is 2. The molecule has 0 aliphatic carbocycles. The minimum Gasteiger partial charge on any atom is -0.384 e. The standard InChI is InChI=1S/C15H16INO/c1-15(18,12-5-3-2-4-6-12)11-17-14-9-7-13(16)8-10-14/h2-10,17-18H,11H2,1H3. The Labute approximate surface area is 121 Å². The van der Waals surface area contributed by atoms with Crippen molar-refractivity contribution in [3.63, 3.8) is 0 Å². The maximum absolute atomic E-state index is 10.4. The smallest absolute Gasteiger partial charge is 0.104 e. The van der Waals surface area contributed by atoms with Gasteiger partial charge in [0.1, 0.15) is 5.60 Å². The quantitative estimate of drug-likeness (QED) is 0.823. The van der Waals surface area contributed by atoms with Crippen molar-refractivity contribution in [2.45, 2.75) is 12.5 Å². The molecule has 0 aliphatic heterocycles. The van der Waals surface area contributed by atoms with Crippen molar-refractivity contribution in [1.82, 2.24) is 0 Å². The van der Waals surface area contributed by atoms with E-state index < -0.39 is 5.60 Å². The Hall–Kier alpha value is -1.07. The van der Waals surface area contributed by atoms with Crippen LogP contribution in [0.3, 0.4) is 0 Å². The molecular weight excluding hydrogens is 337 g/mol. The first kappa shape index (κ1) is 13.4. The molecule has 0 aromatic heterocycles. The number of aliphatic hydroxyl groups is 1. The summed E-state index contributed by atoms with van der Waals surface area (Å²) in [5.41, 5.74) is 1.07. The zero-order valence-electron chi connectivity index (χ0n) is 10.2. The molecule has 0 saturated heterocycles. The molecular formula is C15H16INO. The Morgan fingerprint density at radius 3 is 2.28 bits per heavy atom. The normalized spacial score (nSPS) is 13.9. The third-order valence-electron chi connectivity index (χ3n) is 2.88. The van der Waals surface area contributed by atoms with Crippen LogP contribution in [0, 0.1) is 3.57 Å². The highest BCUT2D eigenvalue weighted by Crippen LogP contribution is 2.21. The molecule has 0 bridgehead atoms. The second-order valence-corrected chi connectivity index (χ2v) is 5.75. The van der Waals surface area contributed by atoms with Crippen molar-refractivity contribution in [1.29, 1.82) is 0 Å². The first-order valence-electron chi connectivity index (χ1n) is 5.85. The van der Waals surface area contributed by atoms with E-state index in [1.807, 2.05) is 61.5 Å². The maximum Gasteiger partial charge on any atom is 0.104 e. The van der Waals surface area contributed by atoms with Gasteiger partial charge in [-0.1, -0.05) is 30.3 Å². The number of benzene rings is 2. The molecule has 18 heavy (non-hydrogen) atoms. The lowest BCUT2D eigenvalue weighted by Crippen LogP contribution is -2.30. The van der Waals surface area contributed by atoms with Crippen LogP contribution in [0.2, 0.25) is 0 Å². The molecule has 2 aromatic rings. The van der Waals surface area contributed by atoms with Crippen LogP contribution in [-0.4, -0.2) is 11.7 Å². The average Bonchev–Trinajstić information content (AvgIpc) is 2.39. The summed E-state index contributed by atoms with van der Waals surface area (Å²) in [6.07, 6.45) is 0. The van der Waals surface area contributed by atoms with Gasteiger partial charge in [0.05, 0.1) is 0 Å². The van der Waals surface area contributed by atoms with Crippen LogP contribution < -0.4 is 5.32 Å². The third kappa shape index (κ3) is 3.46. The molecule has 0 aliphatic rings. The van der Waals surface area contributed by atoms with E-state index in [1.165, 1.54) is 3.57 Å². The molecule has 0 radical (unpaired) electrons. The van der Waals surface area contributed by atoms with E-state index >= 15 is 0 Å². The van der Waals surface area contributed by atoms with Crippen LogP contribution in [-0.2, 0) is 5.60 Å². The number of halogens is 1. The molecule has 0 fully saturated rings. The first-order chi connectivity index (χ1) is 8.58. The van der Waals surface area contributed by atoms with Crippen LogP contribution in [0.1, 0.15) is 12.5 Å². The summed E-state index contributed by atoms with van der Waals surface area (Å²) in [5, 5.41) is 13.7. The highest BCUT2D eigenvalue weighted by molar-refractivity contribution is 14.1. The highest BCUT2D eigenvalue weighted by atomic mass is 127. The van der Waals surface area contributed by atoms with Crippen LogP contribution >= 0.6 is 22.6 Å². The van der Waals surface area contributed by atoms with E-state index in [0.717, 1.165) is 11.3 Å². The van der Waals surface area contributed by atoms with Gasteiger partial charge in [0.2, 0.25) is 0 Å². The largest absolute Gasteiger partial charge is 0.384 e. The van der Waals surface area contributed by atoms with Gasteiger partial charge in [0.15, 0.2) is 0 Å². The zero-order chi connectivity index (χ0) is 13.0. The Morgan fingerprint density at radius 2 is 1.67 bits per heavy atom. The summed E-state index contributed by atoms with van der Waals surface area (Å²) in [7, 11) is 0.